The Labute approximate surface area is 146 Å². The van der Waals surface area contributed by atoms with Gasteiger partial charge >= 0.3 is 0 Å². The summed E-state index contributed by atoms with van der Waals surface area (Å²) < 4.78 is 13.0. The van der Waals surface area contributed by atoms with Gasteiger partial charge in [-0.05, 0) is 58.5 Å². The number of methoxy groups -OCH3 is 2. The predicted molar refractivity (Wildman–Crippen MR) is 95.6 cm³/mol. The number of halogens is 2. The summed E-state index contributed by atoms with van der Waals surface area (Å²) in [6.45, 7) is 0. The Hall–Kier alpha value is -0.830. The monoisotopic (exact) mass is 462 g/mol. The highest BCUT2D eigenvalue weighted by molar-refractivity contribution is 14.1. The highest BCUT2D eigenvalue weighted by atomic mass is 127. The molecular weight excluding hydrogens is 447 g/mol. The highest BCUT2D eigenvalue weighted by Gasteiger charge is 2.23. The Bertz CT molecular complexity index is 615. The Morgan fingerprint density at radius 1 is 1.14 bits per heavy atom. The van der Waals surface area contributed by atoms with E-state index >= 15 is 0 Å². The van der Waals surface area contributed by atoms with Crippen LogP contribution in [0.2, 0.25) is 0 Å². The smallest absolute Gasteiger partial charge is 0.127 e. The molecule has 0 aliphatic carbocycles. The number of ether oxygens (including phenoxy) is 2. The van der Waals surface area contributed by atoms with E-state index in [1.165, 1.54) is 0 Å². The van der Waals surface area contributed by atoms with E-state index in [0.29, 0.717) is 0 Å². The lowest BCUT2D eigenvalue weighted by Crippen LogP contribution is -2.30. The quantitative estimate of drug-likeness (QED) is 0.404. The van der Waals surface area contributed by atoms with Gasteiger partial charge in [-0.25, -0.2) is 5.43 Å². The van der Waals surface area contributed by atoms with Crippen molar-refractivity contribution in [2.24, 2.45) is 5.84 Å². The first-order chi connectivity index (χ1) is 10.1. The summed E-state index contributed by atoms with van der Waals surface area (Å²) in [5, 5.41) is 0. The molecule has 0 spiro atoms. The van der Waals surface area contributed by atoms with Crippen molar-refractivity contribution in [2.75, 3.05) is 14.2 Å². The summed E-state index contributed by atoms with van der Waals surface area (Å²) in [5.41, 5.74) is 4.79. The Morgan fingerprint density at radius 3 is 2.29 bits per heavy atom. The molecule has 0 aliphatic heterocycles. The SMILES string of the molecule is COc1cccc(OC)c1C(NN)c1cc(Br)ccc1I. The van der Waals surface area contributed by atoms with Crippen molar-refractivity contribution in [3.05, 3.63) is 55.6 Å². The average molecular weight is 463 g/mol. The fraction of sp³-hybridized carbons (Fsp3) is 0.200. The number of hydrogen-bond acceptors (Lipinski definition) is 4. The molecule has 1 atom stereocenters. The molecule has 112 valence electrons. The van der Waals surface area contributed by atoms with Gasteiger partial charge in [0.15, 0.2) is 0 Å². The Kier molecular flexibility index (Phi) is 5.86. The van der Waals surface area contributed by atoms with Crippen molar-refractivity contribution >= 4 is 38.5 Å². The Morgan fingerprint density at radius 2 is 1.76 bits per heavy atom. The van der Waals surface area contributed by atoms with Crippen LogP contribution in [0.5, 0.6) is 11.5 Å². The van der Waals surface area contributed by atoms with Gasteiger partial charge in [-0.3, -0.25) is 5.84 Å². The summed E-state index contributed by atoms with van der Waals surface area (Å²) >= 11 is 5.80. The highest BCUT2D eigenvalue weighted by Crippen LogP contribution is 2.38. The maximum Gasteiger partial charge on any atom is 0.127 e. The predicted octanol–water partition coefficient (Wildman–Crippen LogP) is 3.62. The molecule has 0 aromatic heterocycles. The number of nitrogens with one attached hydrogen (secondary N) is 1. The van der Waals surface area contributed by atoms with E-state index < -0.39 is 0 Å². The molecular formula is C15H16BrIN2O2. The number of hydrazine groups is 1. The van der Waals surface area contributed by atoms with Crippen LogP contribution in [0.3, 0.4) is 0 Å². The summed E-state index contributed by atoms with van der Waals surface area (Å²) in [7, 11) is 3.27. The van der Waals surface area contributed by atoms with Gasteiger partial charge < -0.3 is 9.47 Å². The third-order valence-corrected chi connectivity index (χ3v) is 4.67. The fourth-order valence-corrected chi connectivity index (χ4v) is 3.25. The number of hydrogen-bond donors (Lipinski definition) is 2. The van der Waals surface area contributed by atoms with Gasteiger partial charge in [0.25, 0.3) is 0 Å². The van der Waals surface area contributed by atoms with E-state index in [1.54, 1.807) is 14.2 Å². The first kappa shape index (κ1) is 16.5. The number of benzene rings is 2. The van der Waals surface area contributed by atoms with Gasteiger partial charge in [-0.1, -0.05) is 22.0 Å². The molecule has 2 aromatic carbocycles. The van der Waals surface area contributed by atoms with Crippen molar-refractivity contribution in [3.63, 3.8) is 0 Å². The van der Waals surface area contributed by atoms with Crippen molar-refractivity contribution in [1.29, 1.82) is 0 Å². The van der Waals surface area contributed by atoms with E-state index in [1.807, 2.05) is 36.4 Å². The fourth-order valence-electron chi connectivity index (χ4n) is 2.23. The first-order valence-corrected chi connectivity index (χ1v) is 8.11. The molecule has 0 amide bonds. The van der Waals surface area contributed by atoms with Gasteiger partial charge in [0.1, 0.15) is 11.5 Å². The Balaban J connectivity index is 2.63. The molecule has 21 heavy (non-hydrogen) atoms. The van der Waals surface area contributed by atoms with Crippen LogP contribution < -0.4 is 20.7 Å². The maximum atomic E-state index is 5.82. The van der Waals surface area contributed by atoms with Gasteiger partial charge in [-0.2, -0.15) is 0 Å². The van der Waals surface area contributed by atoms with E-state index in [-0.39, 0.29) is 6.04 Å². The molecule has 3 N–H and O–H groups in total. The van der Waals surface area contributed by atoms with Gasteiger partial charge in [0.05, 0.1) is 25.8 Å². The van der Waals surface area contributed by atoms with Crippen LogP contribution >= 0.6 is 38.5 Å². The van der Waals surface area contributed by atoms with Crippen LogP contribution in [0.1, 0.15) is 17.2 Å². The third kappa shape index (κ3) is 3.50. The van der Waals surface area contributed by atoms with Crippen molar-refractivity contribution in [3.8, 4) is 11.5 Å². The molecule has 0 saturated heterocycles. The molecule has 0 saturated carbocycles. The summed E-state index contributed by atoms with van der Waals surface area (Å²) in [6.07, 6.45) is 0. The molecule has 0 bridgehead atoms. The second-order valence-corrected chi connectivity index (χ2v) is 6.42. The standard InChI is InChI=1S/C15H16BrIN2O2/c1-20-12-4-3-5-13(21-2)14(12)15(19-18)10-8-9(16)6-7-11(10)17/h3-8,15,19H,18H2,1-2H3. The molecule has 0 heterocycles. The molecule has 4 nitrogen and oxygen atoms in total. The lowest BCUT2D eigenvalue weighted by atomic mass is 9.97. The minimum atomic E-state index is -0.236. The van der Waals surface area contributed by atoms with Crippen molar-refractivity contribution in [2.45, 2.75) is 6.04 Å². The third-order valence-electron chi connectivity index (χ3n) is 3.19. The maximum absolute atomic E-state index is 5.82. The van der Waals surface area contributed by atoms with Crippen LogP contribution in [-0.4, -0.2) is 14.2 Å². The normalized spacial score (nSPS) is 12.0. The van der Waals surface area contributed by atoms with Crippen molar-refractivity contribution < 1.29 is 9.47 Å². The van der Waals surface area contributed by atoms with Crippen LogP contribution in [0.15, 0.2) is 40.9 Å². The number of nitrogens with two attached hydrogens (primary N) is 1. The second kappa shape index (κ2) is 7.44. The number of rotatable bonds is 5. The topological polar surface area (TPSA) is 56.5 Å². The van der Waals surface area contributed by atoms with E-state index in [0.717, 1.165) is 30.7 Å². The average Bonchev–Trinajstić information content (AvgIpc) is 2.51. The molecule has 2 rings (SSSR count). The van der Waals surface area contributed by atoms with Gasteiger partial charge in [0, 0.05) is 8.04 Å². The van der Waals surface area contributed by atoms with E-state index in [9.17, 15) is 0 Å². The minimum absolute atomic E-state index is 0.236. The lowest BCUT2D eigenvalue weighted by molar-refractivity contribution is 0.377. The van der Waals surface area contributed by atoms with Crippen LogP contribution in [0, 0.1) is 3.57 Å². The van der Waals surface area contributed by atoms with Crippen molar-refractivity contribution in [1.82, 2.24) is 5.43 Å². The summed E-state index contributed by atoms with van der Waals surface area (Å²) in [5.74, 6) is 7.28. The lowest BCUT2D eigenvalue weighted by Gasteiger charge is -2.23. The van der Waals surface area contributed by atoms with Gasteiger partial charge in [-0.15, -0.1) is 0 Å². The molecule has 6 heteroatoms. The minimum Gasteiger partial charge on any atom is -0.496 e. The summed E-state index contributed by atoms with van der Waals surface area (Å²) in [6, 6.07) is 11.5. The largest absolute Gasteiger partial charge is 0.496 e. The zero-order valence-corrected chi connectivity index (χ0v) is 15.4. The zero-order chi connectivity index (χ0) is 15.4. The van der Waals surface area contributed by atoms with Gasteiger partial charge in [0.2, 0.25) is 0 Å². The molecule has 1 unspecified atom stereocenters. The molecule has 2 aromatic rings. The summed E-state index contributed by atoms with van der Waals surface area (Å²) in [4.78, 5) is 0. The van der Waals surface area contributed by atoms with Crippen LogP contribution in [-0.2, 0) is 0 Å². The molecule has 0 aliphatic rings. The molecule has 0 fully saturated rings. The van der Waals surface area contributed by atoms with E-state index in [4.69, 9.17) is 15.3 Å². The zero-order valence-electron chi connectivity index (χ0n) is 11.7. The first-order valence-electron chi connectivity index (χ1n) is 6.24. The van der Waals surface area contributed by atoms with Crippen LogP contribution in [0.4, 0.5) is 0 Å². The van der Waals surface area contributed by atoms with Crippen LogP contribution in [0.25, 0.3) is 0 Å². The molecule has 0 radical (unpaired) electrons. The van der Waals surface area contributed by atoms with E-state index in [2.05, 4.69) is 43.9 Å². The second-order valence-electron chi connectivity index (χ2n) is 4.34.